The van der Waals surface area contributed by atoms with Crippen LogP contribution in [0.2, 0.25) is 5.02 Å². The number of aromatic nitrogens is 5. The van der Waals surface area contributed by atoms with E-state index in [1.54, 1.807) is 35.3 Å². The second-order valence-electron chi connectivity index (χ2n) is 11.6. The van der Waals surface area contributed by atoms with E-state index in [9.17, 15) is 4.79 Å². The number of amides is 1. The number of fused-ring (bicyclic) bond motifs is 4. The number of nitrogens with zero attached hydrogens (tertiary/aromatic N) is 6. The first-order valence-corrected chi connectivity index (χ1v) is 15.7. The molecule has 3 aliphatic rings. The van der Waals surface area contributed by atoms with E-state index in [0.29, 0.717) is 22.9 Å². The summed E-state index contributed by atoms with van der Waals surface area (Å²) in [5.41, 5.74) is 3.35. The molecule has 8 rings (SSSR count). The maximum Gasteiger partial charge on any atom is 0.250 e. The Morgan fingerprint density at radius 1 is 1.09 bits per heavy atom. The molecule has 4 atom stereocenters. The highest BCUT2D eigenvalue weighted by molar-refractivity contribution is 9.10. The summed E-state index contributed by atoms with van der Waals surface area (Å²) in [6.45, 7) is 2.66. The number of carbonyl (C=O) groups is 2. The number of Topliss-reactive ketones (excluding diaryl/α,β-unsaturated/α-hetero) is 1. The van der Waals surface area contributed by atoms with Gasteiger partial charge in [-0.25, -0.2) is 14.3 Å². The average molecular weight is 669 g/mol. The number of rotatable bonds is 5. The first kappa shape index (κ1) is 27.4. The number of benzene rings is 3. The summed E-state index contributed by atoms with van der Waals surface area (Å²) >= 11 is 9.90. The molecule has 44 heavy (non-hydrogen) atoms. The fourth-order valence-corrected chi connectivity index (χ4v) is 8.34. The summed E-state index contributed by atoms with van der Waals surface area (Å²) in [4.78, 5) is 36.1. The molecule has 0 radical (unpaired) electrons. The van der Waals surface area contributed by atoms with Crippen molar-refractivity contribution >= 4 is 44.9 Å². The molecule has 9 nitrogen and oxygen atoms in total. The first-order chi connectivity index (χ1) is 21.4. The molecule has 0 aliphatic carbocycles. The van der Waals surface area contributed by atoms with Gasteiger partial charge in [-0.3, -0.25) is 14.5 Å². The Labute approximate surface area is 267 Å². The van der Waals surface area contributed by atoms with Crippen LogP contribution in [0.4, 0.5) is 5.69 Å². The molecule has 0 saturated carbocycles. The van der Waals surface area contributed by atoms with Crippen molar-refractivity contribution in [1.82, 2.24) is 29.4 Å². The van der Waals surface area contributed by atoms with Crippen LogP contribution in [0.15, 0.2) is 89.9 Å². The fraction of sp³-hybridized carbons (Fsp3) is 0.242. The van der Waals surface area contributed by atoms with E-state index in [0.717, 1.165) is 45.5 Å². The number of nitrogens with one attached hydrogen (secondary N) is 1. The Balaban J connectivity index is 1.43. The number of carbonyl (C=O) groups excluding carboxylic acids is 2. The van der Waals surface area contributed by atoms with Crippen LogP contribution in [-0.4, -0.2) is 53.7 Å². The number of ketones is 1. The molecular formula is C33H27BrClN7O2. The second kappa shape index (κ2) is 10.2. The number of hydrogen-bond acceptors (Lipinski definition) is 6. The quantitative estimate of drug-likeness (QED) is 0.228. The number of halogens is 2. The Hall–Kier alpha value is -4.12. The van der Waals surface area contributed by atoms with Gasteiger partial charge < -0.3 is 5.32 Å². The summed E-state index contributed by atoms with van der Waals surface area (Å²) < 4.78 is 4.43. The second-order valence-corrected chi connectivity index (χ2v) is 13.0. The Morgan fingerprint density at radius 3 is 2.64 bits per heavy atom. The van der Waals surface area contributed by atoms with Crippen molar-refractivity contribution in [3.05, 3.63) is 117 Å². The van der Waals surface area contributed by atoms with Gasteiger partial charge in [-0.2, -0.15) is 10.2 Å². The van der Waals surface area contributed by atoms with Crippen molar-refractivity contribution in [2.75, 3.05) is 11.9 Å². The summed E-state index contributed by atoms with van der Waals surface area (Å²) in [6.07, 6.45) is 4.89. The van der Waals surface area contributed by atoms with Crippen molar-refractivity contribution in [1.29, 1.82) is 0 Å². The van der Waals surface area contributed by atoms with Gasteiger partial charge in [0.15, 0.2) is 11.6 Å². The molecule has 5 heterocycles. The lowest BCUT2D eigenvalue weighted by Crippen LogP contribution is -2.52. The normalized spacial score (nSPS) is 24.1. The highest BCUT2D eigenvalue weighted by Gasteiger charge is 2.70. The highest BCUT2D eigenvalue weighted by Crippen LogP contribution is 2.62. The summed E-state index contributed by atoms with van der Waals surface area (Å²) in [5.74, 6) is -0.725. The zero-order valence-corrected chi connectivity index (χ0v) is 26.0. The van der Waals surface area contributed by atoms with Crippen molar-refractivity contribution in [2.45, 2.75) is 37.3 Å². The van der Waals surface area contributed by atoms with Crippen molar-refractivity contribution in [3.8, 4) is 11.5 Å². The van der Waals surface area contributed by atoms with E-state index in [1.165, 1.54) is 6.33 Å². The number of aryl methyl sites for hydroxylation is 1. The van der Waals surface area contributed by atoms with Crippen LogP contribution >= 0.6 is 27.5 Å². The van der Waals surface area contributed by atoms with Crippen molar-refractivity contribution in [2.24, 2.45) is 5.92 Å². The minimum Gasteiger partial charge on any atom is -0.324 e. The molecule has 1 amide bonds. The van der Waals surface area contributed by atoms with Gasteiger partial charge in [0.1, 0.15) is 18.2 Å². The van der Waals surface area contributed by atoms with Crippen LogP contribution in [0.25, 0.3) is 11.5 Å². The lowest BCUT2D eigenvalue weighted by atomic mass is 9.68. The van der Waals surface area contributed by atoms with Crippen LogP contribution < -0.4 is 5.32 Å². The third-order valence-electron chi connectivity index (χ3n) is 9.43. The van der Waals surface area contributed by atoms with Crippen LogP contribution in [0.1, 0.15) is 45.9 Å². The molecule has 0 bridgehead atoms. The average Bonchev–Trinajstić information content (AvgIpc) is 3.85. The third-order valence-corrected chi connectivity index (χ3v) is 10.2. The molecule has 2 aromatic heterocycles. The molecule has 3 aromatic carbocycles. The van der Waals surface area contributed by atoms with Crippen LogP contribution in [0.3, 0.4) is 0 Å². The van der Waals surface area contributed by atoms with E-state index in [1.807, 2.05) is 60.1 Å². The smallest absolute Gasteiger partial charge is 0.250 e. The van der Waals surface area contributed by atoms with E-state index in [4.69, 9.17) is 16.7 Å². The highest BCUT2D eigenvalue weighted by atomic mass is 79.9. The predicted molar refractivity (Wildman–Crippen MR) is 169 cm³/mol. The zero-order valence-electron chi connectivity index (χ0n) is 23.7. The zero-order chi connectivity index (χ0) is 30.2. The molecule has 2 saturated heterocycles. The molecular weight excluding hydrogens is 642 g/mol. The maximum atomic E-state index is 15.0. The number of para-hydroxylation sites is 1. The molecule has 3 aliphatic heterocycles. The van der Waals surface area contributed by atoms with Gasteiger partial charge in [0.05, 0.1) is 17.3 Å². The minimum atomic E-state index is -1.22. The van der Waals surface area contributed by atoms with E-state index >= 15 is 4.79 Å². The SMILES string of the molecule is Cc1nn(-c2ccccc2)c(-n2cncn2)c1C1C2CCCN2C2(C(=O)Nc3ccc(Br)cc32)C1C(=O)c1ccc(Cl)cc1. The van der Waals surface area contributed by atoms with Crippen LogP contribution in [0.5, 0.6) is 0 Å². The van der Waals surface area contributed by atoms with Gasteiger partial charge >= 0.3 is 0 Å². The molecule has 11 heteroatoms. The van der Waals surface area contributed by atoms with Gasteiger partial charge in [-0.05, 0) is 80.9 Å². The van der Waals surface area contributed by atoms with Gasteiger partial charge in [0.25, 0.3) is 0 Å². The van der Waals surface area contributed by atoms with E-state index in [2.05, 4.69) is 36.2 Å². The maximum absolute atomic E-state index is 15.0. The Bertz CT molecular complexity index is 1930. The van der Waals surface area contributed by atoms with E-state index in [-0.39, 0.29) is 23.7 Å². The van der Waals surface area contributed by atoms with Gasteiger partial charge in [0, 0.05) is 43.8 Å². The van der Waals surface area contributed by atoms with Gasteiger partial charge in [-0.15, -0.1) is 0 Å². The molecule has 220 valence electrons. The molecule has 1 N–H and O–H groups in total. The number of anilines is 1. The predicted octanol–water partition coefficient (Wildman–Crippen LogP) is 6.09. The molecule has 1 spiro atoms. The topological polar surface area (TPSA) is 97.9 Å². The van der Waals surface area contributed by atoms with Crippen molar-refractivity contribution < 1.29 is 9.59 Å². The van der Waals surface area contributed by atoms with Crippen LogP contribution in [-0.2, 0) is 10.3 Å². The monoisotopic (exact) mass is 667 g/mol. The fourth-order valence-electron chi connectivity index (χ4n) is 7.85. The van der Waals surface area contributed by atoms with Gasteiger partial charge in [0.2, 0.25) is 5.91 Å². The molecule has 4 unspecified atom stereocenters. The Kier molecular flexibility index (Phi) is 6.37. The minimum absolute atomic E-state index is 0.0960. The summed E-state index contributed by atoms with van der Waals surface area (Å²) in [7, 11) is 0. The molecule has 2 fully saturated rings. The third kappa shape index (κ3) is 3.84. The lowest BCUT2D eigenvalue weighted by molar-refractivity contribution is -0.127. The van der Waals surface area contributed by atoms with Crippen LogP contribution in [0, 0.1) is 12.8 Å². The first-order valence-electron chi connectivity index (χ1n) is 14.6. The number of hydrogen-bond donors (Lipinski definition) is 1. The van der Waals surface area contributed by atoms with Crippen molar-refractivity contribution in [3.63, 3.8) is 0 Å². The summed E-state index contributed by atoms with van der Waals surface area (Å²) in [6, 6.07) is 22.6. The summed E-state index contributed by atoms with van der Waals surface area (Å²) in [5, 5.41) is 13.3. The standard InChI is InChI=1S/C33H27BrClN7O2/c1-19-27(31(41-18-36-17-37-41)42(39-19)23-6-3-2-4-7-23)28-26-8-5-15-40(26)33(24-16-21(34)11-14-25(24)38-32(33)44)29(28)30(43)20-9-12-22(35)13-10-20/h2-4,6-7,9-14,16-18,26,28-29H,5,8,15H2,1H3,(H,38,44). The van der Waals surface area contributed by atoms with E-state index < -0.39 is 11.5 Å². The van der Waals surface area contributed by atoms with Gasteiger partial charge in [-0.1, -0.05) is 45.7 Å². The molecule has 5 aromatic rings. The lowest BCUT2D eigenvalue weighted by Gasteiger charge is -2.37. The largest absolute Gasteiger partial charge is 0.324 e. The Morgan fingerprint density at radius 2 is 1.89 bits per heavy atom.